The van der Waals surface area contributed by atoms with Gasteiger partial charge >= 0.3 is 0 Å². The first kappa shape index (κ1) is 8.48. The third kappa shape index (κ3) is 1.08. The predicted octanol–water partition coefficient (Wildman–Crippen LogP) is 0.624. The lowest BCUT2D eigenvalue weighted by atomic mass is 10.1. The maximum atomic E-state index is 9.08. The molecule has 1 heterocycles. The molecule has 0 aromatic heterocycles. The lowest BCUT2D eigenvalue weighted by molar-refractivity contribution is 0.0356. The van der Waals surface area contributed by atoms with Gasteiger partial charge in [0, 0.05) is 6.61 Å². The van der Waals surface area contributed by atoms with Crippen LogP contribution in [0.3, 0.4) is 0 Å². The molecule has 70 valence electrons. The van der Waals surface area contributed by atoms with Crippen LogP contribution in [-0.4, -0.2) is 31.2 Å². The van der Waals surface area contributed by atoms with E-state index >= 15 is 0 Å². The van der Waals surface area contributed by atoms with Crippen LogP contribution in [0.4, 0.5) is 0 Å². The van der Waals surface area contributed by atoms with E-state index in [1.54, 1.807) is 0 Å². The zero-order valence-corrected chi connectivity index (χ0v) is 7.62. The molecule has 3 atom stereocenters. The summed E-state index contributed by atoms with van der Waals surface area (Å²) in [6, 6.07) is 0. The first-order chi connectivity index (χ1) is 5.68. The second-order valence-corrected chi connectivity index (χ2v) is 4.33. The summed E-state index contributed by atoms with van der Waals surface area (Å²) in [5, 5.41) is 9.08. The molecule has 0 bridgehead atoms. The monoisotopic (exact) mass is 172 g/mol. The molecule has 3 nitrogen and oxygen atoms in total. The number of rotatable bonds is 2. The number of hydrogen-bond donors (Lipinski definition) is 1. The van der Waals surface area contributed by atoms with Crippen LogP contribution in [0.5, 0.6) is 0 Å². The summed E-state index contributed by atoms with van der Waals surface area (Å²) in [5.41, 5.74) is 0.243. The molecular formula is C9H16O3. The molecule has 1 saturated carbocycles. The highest BCUT2D eigenvalue weighted by Crippen LogP contribution is 2.60. The van der Waals surface area contributed by atoms with Crippen molar-refractivity contribution in [3.05, 3.63) is 0 Å². The van der Waals surface area contributed by atoms with Crippen LogP contribution in [-0.2, 0) is 9.47 Å². The second kappa shape index (κ2) is 2.69. The van der Waals surface area contributed by atoms with Gasteiger partial charge in [0.05, 0.1) is 12.7 Å². The Hall–Kier alpha value is -0.120. The number of hydrogen-bond acceptors (Lipinski definition) is 3. The van der Waals surface area contributed by atoms with Gasteiger partial charge in [-0.05, 0) is 17.3 Å². The first-order valence-corrected chi connectivity index (χ1v) is 4.48. The molecule has 0 aromatic carbocycles. The van der Waals surface area contributed by atoms with Crippen LogP contribution in [0.25, 0.3) is 0 Å². The normalized spacial score (nSPS) is 44.8. The Balaban J connectivity index is 1.97. The molecule has 2 aliphatic rings. The average molecular weight is 172 g/mol. The van der Waals surface area contributed by atoms with Crippen LogP contribution in [0, 0.1) is 17.3 Å². The number of aliphatic hydroxyl groups is 1. The lowest BCUT2D eigenvalue weighted by Gasteiger charge is -2.07. The van der Waals surface area contributed by atoms with Crippen molar-refractivity contribution in [1.29, 1.82) is 0 Å². The van der Waals surface area contributed by atoms with Crippen LogP contribution in [0.15, 0.2) is 0 Å². The largest absolute Gasteiger partial charge is 0.396 e. The van der Waals surface area contributed by atoms with Crippen molar-refractivity contribution < 1.29 is 14.6 Å². The molecule has 2 fully saturated rings. The molecule has 12 heavy (non-hydrogen) atoms. The van der Waals surface area contributed by atoms with Crippen molar-refractivity contribution in [1.82, 2.24) is 0 Å². The fraction of sp³-hybridized carbons (Fsp3) is 1.00. The van der Waals surface area contributed by atoms with E-state index < -0.39 is 0 Å². The van der Waals surface area contributed by atoms with Gasteiger partial charge < -0.3 is 14.6 Å². The molecule has 2 rings (SSSR count). The third-order valence-electron chi connectivity index (χ3n) is 3.38. The summed E-state index contributed by atoms with van der Waals surface area (Å²) >= 11 is 0. The number of ether oxygens (including phenoxy) is 2. The average Bonchev–Trinajstić information content (AvgIpc) is 2.50. The molecule has 0 aromatic rings. The number of aliphatic hydroxyl groups excluding tert-OH is 1. The Morgan fingerprint density at radius 3 is 2.67 bits per heavy atom. The molecule has 0 radical (unpaired) electrons. The fourth-order valence-electron chi connectivity index (χ4n) is 2.43. The maximum Gasteiger partial charge on any atom is 0.147 e. The standard InChI is InChI=1S/C9H16O3/c1-9(2)6(3-10)8(9)7-4-11-5-12-7/h6-8,10H,3-5H2,1-2H3. The van der Waals surface area contributed by atoms with Crippen molar-refractivity contribution in [3.8, 4) is 0 Å². The molecule has 1 saturated heterocycles. The minimum atomic E-state index is 0.220. The highest BCUT2D eigenvalue weighted by Gasteiger charge is 2.61. The smallest absolute Gasteiger partial charge is 0.147 e. The summed E-state index contributed by atoms with van der Waals surface area (Å²) in [6.45, 7) is 5.76. The summed E-state index contributed by atoms with van der Waals surface area (Å²) in [5.74, 6) is 0.897. The SMILES string of the molecule is CC1(C)C(CO)C1C1COCO1. The van der Waals surface area contributed by atoms with E-state index in [1.165, 1.54) is 0 Å². The van der Waals surface area contributed by atoms with Gasteiger partial charge in [0.1, 0.15) is 6.79 Å². The summed E-state index contributed by atoms with van der Waals surface area (Å²) < 4.78 is 10.6. The molecule has 0 amide bonds. The minimum Gasteiger partial charge on any atom is -0.396 e. The van der Waals surface area contributed by atoms with Crippen molar-refractivity contribution in [3.63, 3.8) is 0 Å². The van der Waals surface area contributed by atoms with Crippen molar-refractivity contribution in [2.45, 2.75) is 20.0 Å². The van der Waals surface area contributed by atoms with Gasteiger partial charge in [-0.1, -0.05) is 13.8 Å². The van der Waals surface area contributed by atoms with E-state index in [0.717, 1.165) is 0 Å². The Morgan fingerprint density at radius 2 is 2.25 bits per heavy atom. The van der Waals surface area contributed by atoms with Gasteiger partial charge in [-0.25, -0.2) is 0 Å². The van der Waals surface area contributed by atoms with E-state index in [1.807, 2.05) is 0 Å². The molecule has 0 spiro atoms. The molecule has 1 N–H and O–H groups in total. The minimum absolute atomic E-state index is 0.220. The fourth-order valence-corrected chi connectivity index (χ4v) is 2.43. The topological polar surface area (TPSA) is 38.7 Å². The highest BCUT2D eigenvalue weighted by atomic mass is 16.7. The molecule has 3 heteroatoms. The van der Waals surface area contributed by atoms with Crippen LogP contribution in [0.2, 0.25) is 0 Å². The second-order valence-electron chi connectivity index (χ2n) is 4.33. The van der Waals surface area contributed by atoms with Crippen LogP contribution < -0.4 is 0 Å². The molecule has 1 aliphatic heterocycles. The van der Waals surface area contributed by atoms with Crippen molar-refractivity contribution in [2.75, 3.05) is 20.0 Å². The van der Waals surface area contributed by atoms with E-state index in [2.05, 4.69) is 13.8 Å². The molecule has 3 unspecified atom stereocenters. The Labute approximate surface area is 72.7 Å². The zero-order valence-electron chi connectivity index (χ0n) is 7.62. The Morgan fingerprint density at radius 1 is 1.50 bits per heavy atom. The van der Waals surface area contributed by atoms with Gasteiger partial charge in [0.15, 0.2) is 0 Å². The van der Waals surface area contributed by atoms with E-state index in [4.69, 9.17) is 14.6 Å². The van der Waals surface area contributed by atoms with Gasteiger partial charge in [0.2, 0.25) is 0 Å². The third-order valence-corrected chi connectivity index (χ3v) is 3.38. The van der Waals surface area contributed by atoms with Crippen LogP contribution >= 0.6 is 0 Å². The van der Waals surface area contributed by atoms with E-state index in [-0.39, 0.29) is 18.1 Å². The molecule has 1 aliphatic carbocycles. The van der Waals surface area contributed by atoms with Gasteiger partial charge in [-0.15, -0.1) is 0 Å². The zero-order chi connectivity index (χ0) is 8.77. The Bertz CT molecular complexity index is 173. The predicted molar refractivity (Wildman–Crippen MR) is 43.5 cm³/mol. The summed E-state index contributed by atoms with van der Waals surface area (Å²) in [6.07, 6.45) is 0.220. The van der Waals surface area contributed by atoms with Gasteiger partial charge in [-0.3, -0.25) is 0 Å². The van der Waals surface area contributed by atoms with Gasteiger partial charge in [-0.2, -0.15) is 0 Å². The Kier molecular flexibility index (Phi) is 1.90. The molecular weight excluding hydrogens is 156 g/mol. The summed E-state index contributed by atoms with van der Waals surface area (Å²) in [4.78, 5) is 0. The van der Waals surface area contributed by atoms with Gasteiger partial charge in [0.25, 0.3) is 0 Å². The van der Waals surface area contributed by atoms with E-state index in [9.17, 15) is 0 Å². The quantitative estimate of drug-likeness (QED) is 0.663. The maximum absolute atomic E-state index is 9.08. The van der Waals surface area contributed by atoms with Crippen molar-refractivity contribution in [2.24, 2.45) is 17.3 Å². The van der Waals surface area contributed by atoms with Crippen molar-refractivity contribution >= 4 is 0 Å². The lowest BCUT2D eigenvalue weighted by Crippen LogP contribution is -2.16. The first-order valence-electron chi connectivity index (χ1n) is 4.48. The van der Waals surface area contributed by atoms with E-state index in [0.29, 0.717) is 25.2 Å². The van der Waals surface area contributed by atoms with Crippen LogP contribution in [0.1, 0.15) is 13.8 Å². The summed E-state index contributed by atoms with van der Waals surface area (Å²) in [7, 11) is 0. The highest BCUT2D eigenvalue weighted by molar-refractivity contribution is 5.08.